The van der Waals surface area contributed by atoms with Gasteiger partial charge in [-0.3, -0.25) is 4.79 Å². The molecule has 0 aliphatic heterocycles. The Kier molecular flexibility index (Phi) is 4.29. The number of carbonyl (C=O) groups is 1. The molecule has 0 atom stereocenters. The summed E-state index contributed by atoms with van der Waals surface area (Å²) < 4.78 is 0.947. The fourth-order valence-electron chi connectivity index (χ4n) is 1.22. The molecule has 1 aromatic carbocycles. The summed E-state index contributed by atoms with van der Waals surface area (Å²) in [6.45, 7) is 3.89. The molecular formula is C11H14BrNO. The van der Waals surface area contributed by atoms with Crippen molar-refractivity contribution in [2.75, 3.05) is 13.6 Å². The quantitative estimate of drug-likeness (QED) is 0.772. The molecule has 0 amide bonds. The Labute approximate surface area is 93.0 Å². The van der Waals surface area contributed by atoms with Gasteiger partial charge in [0.1, 0.15) is 6.29 Å². The summed E-state index contributed by atoms with van der Waals surface area (Å²) in [5.74, 6) is 0. The molecule has 0 saturated heterocycles. The van der Waals surface area contributed by atoms with E-state index in [0.717, 1.165) is 35.0 Å². The molecule has 2 nitrogen and oxygen atoms in total. The van der Waals surface area contributed by atoms with Crippen molar-refractivity contribution in [1.82, 2.24) is 4.90 Å². The van der Waals surface area contributed by atoms with E-state index in [1.54, 1.807) is 0 Å². The molecule has 0 bridgehead atoms. The molecular weight excluding hydrogens is 242 g/mol. The van der Waals surface area contributed by atoms with Crippen molar-refractivity contribution < 1.29 is 4.79 Å². The second-order valence-electron chi connectivity index (χ2n) is 3.29. The molecule has 0 saturated carbocycles. The van der Waals surface area contributed by atoms with E-state index in [-0.39, 0.29) is 0 Å². The maximum Gasteiger partial charge on any atom is 0.150 e. The summed E-state index contributed by atoms with van der Waals surface area (Å²) in [4.78, 5) is 13.0. The number of halogens is 1. The lowest BCUT2D eigenvalue weighted by Gasteiger charge is -2.15. The van der Waals surface area contributed by atoms with Crippen LogP contribution in [0.5, 0.6) is 0 Å². The van der Waals surface area contributed by atoms with Gasteiger partial charge in [0.05, 0.1) is 0 Å². The maximum atomic E-state index is 10.8. The van der Waals surface area contributed by atoms with Crippen LogP contribution in [0.2, 0.25) is 0 Å². The Morgan fingerprint density at radius 3 is 2.79 bits per heavy atom. The zero-order valence-electron chi connectivity index (χ0n) is 8.46. The minimum atomic E-state index is 0.764. The smallest absolute Gasteiger partial charge is 0.150 e. The Balaban J connectivity index is 2.90. The van der Waals surface area contributed by atoms with Crippen LogP contribution < -0.4 is 0 Å². The van der Waals surface area contributed by atoms with Gasteiger partial charge in [-0.05, 0) is 31.3 Å². The third-order valence-electron chi connectivity index (χ3n) is 2.21. The van der Waals surface area contributed by atoms with Crippen LogP contribution in [0.1, 0.15) is 22.8 Å². The summed E-state index contributed by atoms with van der Waals surface area (Å²) >= 11 is 3.35. The van der Waals surface area contributed by atoms with E-state index in [0.29, 0.717) is 0 Å². The van der Waals surface area contributed by atoms with Crippen LogP contribution in [0, 0.1) is 0 Å². The van der Waals surface area contributed by atoms with Crippen LogP contribution in [0.4, 0.5) is 0 Å². The second kappa shape index (κ2) is 5.27. The van der Waals surface area contributed by atoms with Crippen molar-refractivity contribution in [2.24, 2.45) is 0 Å². The Morgan fingerprint density at radius 2 is 2.21 bits per heavy atom. The number of aldehydes is 1. The molecule has 0 aromatic heterocycles. The minimum absolute atomic E-state index is 0.764. The van der Waals surface area contributed by atoms with Gasteiger partial charge in [-0.25, -0.2) is 0 Å². The first-order chi connectivity index (χ1) is 6.67. The van der Waals surface area contributed by atoms with Crippen molar-refractivity contribution in [3.8, 4) is 0 Å². The van der Waals surface area contributed by atoms with E-state index in [1.165, 1.54) is 0 Å². The fourth-order valence-corrected chi connectivity index (χ4v) is 1.60. The number of rotatable bonds is 4. The van der Waals surface area contributed by atoms with Crippen LogP contribution in [0.3, 0.4) is 0 Å². The van der Waals surface area contributed by atoms with Gasteiger partial charge in [-0.1, -0.05) is 28.9 Å². The van der Waals surface area contributed by atoms with Gasteiger partial charge in [-0.15, -0.1) is 0 Å². The monoisotopic (exact) mass is 255 g/mol. The molecule has 0 spiro atoms. The molecule has 0 N–H and O–H groups in total. The molecule has 0 aliphatic rings. The molecule has 3 heteroatoms. The normalized spacial score (nSPS) is 10.6. The highest BCUT2D eigenvalue weighted by atomic mass is 79.9. The number of benzene rings is 1. The highest BCUT2D eigenvalue weighted by molar-refractivity contribution is 9.10. The summed E-state index contributed by atoms with van der Waals surface area (Å²) in [6.07, 6.45) is 0.906. The molecule has 0 fully saturated rings. The minimum Gasteiger partial charge on any atom is -0.302 e. The van der Waals surface area contributed by atoms with Crippen LogP contribution in [0.15, 0.2) is 22.7 Å². The summed E-state index contributed by atoms with van der Waals surface area (Å²) in [7, 11) is 2.04. The van der Waals surface area contributed by atoms with Gasteiger partial charge in [0, 0.05) is 16.6 Å². The van der Waals surface area contributed by atoms with E-state index < -0.39 is 0 Å². The van der Waals surface area contributed by atoms with Crippen LogP contribution >= 0.6 is 15.9 Å². The van der Waals surface area contributed by atoms with Crippen molar-refractivity contribution in [3.63, 3.8) is 0 Å². The maximum absolute atomic E-state index is 10.8. The van der Waals surface area contributed by atoms with Gasteiger partial charge >= 0.3 is 0 Å². The number of carbonyl (C=O) groups excluding carboxylic acids is 1. The lowest BCUT2D eigenvalue weighted by molar-refractivity contribution is 0.112. The third kappa shape index (κ3) is 2.93. The van der Waals surface area contributed by atoms with Crippen molar-refractivity contribution in [1.29, 1.82) is 0 Å². The van der Waals surface area contributed by atoms with Crippen molar-refractivity contribution >= 4 is 22.2 Å². The van der Waals surface area contributed by atoms with Crippen molar-refractivity contribution in [2.45, 2.75) is 13.5 Å². The van der Waals surface area contributed by atoms with E-state index >= 15 is 0 Å². The molecule has 0 aliphatic carbocycles. The summed E-state index contributed by atoms with van der Waals surface area (Å²) in [5.41, 5.74) is 1.84. The number of hydrogen-bond acceptors (Lipinski definition) is 2. The van der Waals surface area contributed by atoms with E-state index in [4.69, 9.17) is 0 Å². The topological polar surface area (TPSA) is 20.3 Å². The summed E-state index contributed by atoms with van der Waals surface area (Å²) in [6, 6.07) is 5.80. The van der Waals surface area contributed by atoms with E-state index in [1.807, 2.05) is 25.2 Å². The first-order valence-electron chi connectivity index (χ1n) is 4.59. The highest BCUT2D eigenvalue weighted by Gasteiger charge is 2.04. The van der Waals surface area contributed by atoms with Crippen LogP contribution in [-0.4, -0.2) is 24.8 Å². The highest BCUT2D eigenvalue weighted by Crippen LogP contribution is 2.16. The predicted molar refractivity (Wildman–Crippen MR) is 61.5 cm³/mol. The average molecular weight is 256 g/mol. The average Bonchev–Trinajstić information content (AvgIpc) is 2.20. The molecule has 0 heterocycles. The second-order valence-corrected chi connectivity index (χ2v) is 4.21. The van der Waals surface area contributed by atoms with Crippen molar-refractivity contribution in [3.05, 3.63) is 33.8 Å². The van der Waals surface area contributed by atoms with E-state index in [9.17, 15) is 4.79 Å². The lowest BCUT2D eigenvalue weighted by Crippen LogP contribution is -2.17. The first-order valence-corrected chi connectivity index (χ1v) is 5.38. The van der Waals surface area contributed by atoms with Gasteiger partial charge < -0.3 is 4.90 Å². The molecule has 1 aromatic rings. The molecule has 76 valence electrons. The SMILES string of the molecule is CCN(C)Cc1ccc(Br)cc1C=O. The lowest BCUT2D eigenvalue weighted by atomic mass is 10.1. The third-order valence-corrected chi connectivity index (χ3v) is 2.71. The largest absolute Gasteiger partial charge is 0.302 e. The Hall–Kier alpha value is -0.670. The van der Waals surface area contributed by atoms with Gasteiger partial charge in [0.25, 0.3) is 0 Å². The van der Waals surface area contributed by atoms with E-state index in [2.05, 4.69) is 27.8 Å². The molecule has 0 radical (unpaired) electrons. The zero-order chi connectivity index (χ0) is 10.6. The molecule has 1 rings (SSSR count). The standard InChI is InChI=1S/C11H14BrNO/c1-3-13(2)7-9-4-5-11(12)6-10(9)8-14/h4-6,8H,3,7H2,1-2H3. The number of nitrogens with zero attached hydrogens (tertiary/aromatic N) is 1. The van der Waals surface area contributed by atoms with Gasteiger partial charge in [-0.2, -0.15) is 0 Å². The zero-order valence-corrected chi connectivity index (χ0v) is 10.0. The number of hydrogen-bond donors (Lipinski definition) is 0. The Bertz CT molecular complexity index is 325. The van der Waals surface area contributed by atoms with Gasteiger partial charge in [0.2, 0.25) is 0 Å². The fraction of sp³-hybridized carbons (Fsp3) is 0.364. The van der Waals surface area contributed by atoms with Crippen LogP contribution in [0.25, 0.3) is 0 Å². The van der Waals surface area contributed by atoms with Crippen LogP contribution in [-0.2, 0) is 6.54 Å². The summed E-state index contributed by atoms with van der Waals surface area (Å²) in [5, 5.41) is 0. The molecule has 14 heavy (non-hydrogen) atoms. The Morgan fingerprint density at radius 1 is 1.50 bits per heavy atom. The molecule has 0 unspecified atom stereocenters. The predicted octanol–water partition coefficient (Wildman–Crippen LogP) is 2.71. The first kappa shape index (κ1) is 11.4. The van der Waals surface area contributed by atoms with Gasteiger partial charge in [0.15, 0.2) is 0 Å².